The summed E-state index contributed by atoms with van der Waals surface area (Å²) >= 11 is 6.35. The Morgan fingerprint density at radius 3 is 1.55 bits per heavy atom. The van der Waals surface area contributed by atoms with Gasteiger partial charge in [-0.25, -0.2) is 14.4 Å². The maximum Gasteiger partial charge on any atom is 0.343 e. The Bertz CT molecular complexity index is 1450. The molecule has 10 heteroatoms. The number of unbranched alkanes of at least 4 members (excludes halogenated alkanes) is 2. The molecule has 3 aromatic rings. The Labute approximate surface area is 261 Å². The average Bonchev–Trinajstić information content (AvgIpc) is 3.05. The number of ketones is 1. The molecule has 0 unspecified atom stereocenters. The highest BCUT2D eigenvalue weighted by Gasteiger charge is 2.15. The summed E-state index contributed by atoms with van der Waals surface area (Å²) in [5, 5.41) is 0.113. The highest BCUT2D eigenvalue weighted by Crippen LogP contribution is 2.28. The van der Waals surface area contributed by atoms with Crippen molar-refractivity contribution in [3.8, 4) is 17.2 Å². The molecule has 0 saturated heterocycles. The molecule has 230 valence electrons. The normalized spacial score (nSPS) is 10.3. The third kappa shape index (κ3) is 11.1. The SMILES string of the molecule is C=CC(=O)OCCCCOc1ccc(C(=O)Oc2ccc(C(=O)c3ccc(OCCCCOC(=O)C=C)cc3)cc2Cl)cc1. The van der Waals surface area contributed by atoms with Crippen molar-refractivity contribution in [1.82, 2.24) is 0 Å². The van der Waals surface area contributed by atoms with E-state index in [2.05, 4.69) is 13.2 Å². The fraction of sp³-hybridized carbons (Fsp3) is 0.235. The minimum atomic E-state index is -0.616. The van der Waals surface area contributed by atoms with Crippen molar-refractivity contribution in [1.29, 1.82) is 0 Å². The first-order valence-electron chi connectivity index (χ1n) is 13.9. The number of carbonyl (C=O) groups is 4. The second-order valence-corrected chi connectivity index (χ2v) is 9.67. The number of halogens is 1. The van der Waals surface area contributed by atoms with E-state index in [9.17, 15) is 19.2 Å². The molecule has 0 spiro atoms. The molecule has 0 aliphatic carbocycles. The van der Waals surface area contributed by atoms with Crippen LogP contribution in [0.3, 0.4) is 0 Å². The molecule has 0 aliphatic heterocycles. The first-order chi connectivity index (χ1) is 21.3. The number of benzene rings is 3. The quantitative estimate of drug-likeness (QED) is 0.0512. The highest BCUT2D eigenvalue weighted by atomic mass is 35.5. The maximum absolute atomic E-state index is 13.0. The predicted octanol–water partition coefficient (Wildman–Crippen LogP) is 6.57. The molecule has 0 aromatic heterocycles. The van der Waals surface area contributed by atoms with E-state index < -0.39 is 17.9 Å². The van der Waals surface area contributed by atoms with Gasteiger partial charge in [0.15, 0.2) is 5.78 Å². The van der Waals surface area contributed by atoms with Crippen LogP contribution in [0.25, 0.3) is 0 Å². The summed E-state index contributed by atoms with van der Waals surface area (Å²) < 4.78 is 26.6. The van der Waals surface area contributed by atoms with Crippen molar-refractivity contribution in [2.75, 3.05) is 26.4 Å². The molecule has 0 atom stereocenters. The minimum Gasteiger partial charge on any atom is -0.494 e. The van der Waals surface area contributed by atoms with Crippen LogP contribution in [-0.2, 0) is 19.1 Å². The number of esters is 3. The smallest absolute Gasteiger partial charge is 0.343 e. The third-order valence-corrected chi connectivity index (χ3v) is 6.34. The van der Waals surface area contributed by atoms with Gasteiger partial charge in [-0.3, -0.25) is 4.79 Å². The summed E-state index contributed by atoms with van der Waals surface area (Å²) in [5.74, 6) is -0.476. The van der Waals surface area contributed by atoms with Crippen LogP contribution in [0.1, 0.15) is 52.0 Å². The molecule has 0 saturated carbocycles. The van der Waals surface area contributed by atoms with E-state index >= 15 is 0 Å². The monoisotopic (exact) mass is 620 g/mol. The molecule has 0 radical (unpaired) electrons. The Morgan fingerprint density at radius 1 is 0.614 bits per heavy atom. The largest absolute Gasteiger partial charge is 0.494 e. The molecule has 3 rings (SSSR count). The molecule has 0 N–H and O–H groups in total. The van der Waals surface area contributed by atoms with Gasteiger partial charge in [-0.15, -0.1) is 0 Å². The van der Waals surface area contributed by atoms with Gasteiger partial charge in [0.25, 0.3) is 0 Å². The summed E-state index contributed by atoms with van der Waals surface area (Å²) in [4.78, 5) is 47.7. The average molecular weight is 621 g/mol. The number of rotatable bonds is 18. The van der Waals surface area contributed by atoms with Crippen LogP contribution in [0, 0.1) is 0 Å². The molecule has 3 aromatic carbocycles. The zero-order valence-electron chi connectivity index (χ0n) is 24.1. The molecule has 44 heavy (non-hydrogen) atoms. The molecule has 9 nitrogen and oxygen atoms in total. The standard InChI is InChI=1S/C34H33ClO9/c1-3-31(36)42-21-7-5-19-40-27-14-9-24(10-15-27)33(38)26-13-18-30(29(35)23-26)44-34(39)25-11-16-28(17-12-25)41-20-6-8-22-43-32(37)4-2/h3-4,9-18,23H,1-2,5-8,19-22H2. The summed E-state index contributed by atoms with van der Waals surface area (Å²) in [5.41, 5.74) is 1.06. The Hall–Kier alpha value is -4.89. The number of ether oxygens (including phenoxy) is 5. The van der Waals surface area contributed by atoms with Crippen LogP contribution in [-0.4, -0.2) is 50.1 Å². The lowest BCUT2D eigenvalue weighted by molar-refractivity contribution is -0.138. The van der Waals surface area contributed by atoms with Gasteiger partial charge in [-0.1, -0.05) is 24.8 Å². The van der Waals surface area contributed by atoms with Gasteiger partial charge in [0, 0.05) is 23.3 Å². The van der Waals surface area contributed by atoms with Gasteiger partial charge < -0.3 is 23.7 Å². The first-order valence-corrected chi connectivity index (χ1v) is 14.3. The number of hydrogen-bond acceptors (Lipinski definition) is 9. The lowest BCUT2D eigenvalue weighted by atomic mass is 10.0. The summed E-state index contributed by atoms with van der Waals surface area (Å²) in [6, 6.07) is 17.6. The van der Waals surface area contributed by atoms with E-state index in [1.165, 1.54) is 18.2 Å². The van der Waals surface area contributed by atoms with E-state index in [1.54, 1.807) is 48.5 Å². The van der Waals surface area contributed by atoms with Crippen LogP contribution in [0.2, 0.25) is 5.02 Å². The summed E-state index contributed by atoms with van der Waals surface area (Å²) in [7, 11) is 0. The van der Waals surface area contributed by atoms with E-state index in [4.69, 9.17) is 35.3 Å². The second-order valence-electron chi connectivity index (χ2n) is 9.27. The Kier molecular flexibility index (Phi) is 13.7. The van der Waals surface area contributed by atoms with Crippen molar-refractivity contribution in [3.63, 3.8) is 0 Å². The fourth-order valence-corrected chi connectivity index (χ4v) is 3.91. The van der Waals surface area contributed by atoms with Gasteiger partial charge >= 0.3 is 17.9 Å². The van der Waals surface area contributed by atoms with Crippen molar-refractivity contribution >= 4 is 35.3 Å². The molecule has 0 heterocycles. The van der Waals surface area contributed by atoms with Gasteiger partial charge in [-0.2, -0.15) is 0 Å². The van der Waals surface area contributed by atoms with E-state index in [1.807, 2.05) is 0 Å². The van der Waals surface area contributed by atoms with Gasteiger partial charge in [0.05, 0.1) is 37.0 Å². The van der Waals surface area contributed by atoms with Crippen LogP contribution in [0.4, 0.5) is 0 Å². The third-order valence-electron chi connectivity index (χ3n) is 6.04. The van der Waals surface area contributed by atoms with Crippen LogP contribution in [0.5, 0.6) is 17.2 Å². The summed E-state index contributed by atoms with van der Waals surface area (Å²) in [6.45, 7) is 8.13. The second kappa shape index (κ2) is 17.9. The highest BCUT2D eigenvalue weighted by molar-refractivity contribution is 6.32. The predicted molar refractivity (Wildman–Crippen MR) is 164 cm³/mol. The lowest BCUT2D eigenvalue weighted by Gasteiger charge is -2.10. The number of hydrogen-bond donors (Lipinski definition) is 0. The maximum atomic E-state index is 13.0. The van der Waals surface area contributed by atoms with Gasteiger partial charge in [-0.05, 0) is 92.4 Å². The molecule has 0 bridgehead atoms. The van der Waals surface area contributed by atoms with Crippen molar-refractivity contribution in [2.45, 2.75) is 25.7 Å². The van der Waals surface area contributed by atoms with Crippen LogP contribution < -0.4 is 14.2 Å². The van der Waals surface area contributed by atoms with Crippen molar-refractivity contribution in [2.24, 2.45) is 0 Å². The lowest BCUT2D eigenvalue weighted by Crippen LogP contribution is -2.09. The topological polar surface area (TPSA) is 114 Å². The Balaban J connectivity index is 1.45. The molecular weight excluding hydrogens is 588 g/mol. The first kappa shape index (κ1) is 33.6. The van der Waals surface area contributed by atoms with Crippen molar-refractivity contribution in [3.05, 3.63) is 114 Å². The van der Waals surface area contributed by atoms with Crippen LogP contribution >= 0.6 is 11.6 Å². The Morgan fingerprint density at radius 2 is 1.07 bits per heavy atom. The van der Waals surface area contributed by atoms with Crippen LogP contribution in [0.15, 0.2) is 92.0 Å². The summed E-state index contributed by atoms with van der Waals surface area (Å²) in [6.07, 6.45) is 4.92. The molecule has 0 aliphatic rings. The van der Waals surface area contributed by atoms with E-state index in [0.29, 0.717) is 80.3 Å². The number of carbonyl (C=O) groups excluding carboxylic acids is 4. The van der Waals surface area contributed by atoms with Gasteiger partial charge in [0.1, 0.15) is 17.2 Å². The van der Waals surface area contributed by atoms with E-state index in [0.717, 1.165) is 12.2 Å². The van der Waals surface area contributed by atoms with Crippen molar-refractivity contribution < 1.29 is 42.9 Å². The van der Waals surface area contributed by atoms with E-state index in [-0.39, 0.29) is 16.6 Å². The molecule has 0 amide bonds. The molecular formula is C34H33ClO9. The fourth-order valence-electron chi connectivity index (χ4n) is 3.69. The molecule has 0 fully saturated rings. The zero-order valence-corrected chi connectivity index (χ0v) is 24.9. The minimum absolute atomic E-state index is 0.113. The van der Waals surface area contributed by atoms with Gasteiger partial charge in [0.2, 0.25) is 0 Å². The zero-order chi connectivity index (χ0) is 31.7.